The van der Waals surface area contributed by atoms with Crippen molar-refractivity contribution in [2.75, 3.05) is 0 Å². The molecule has 0 saturated carbocycles. The van der Waals surface area contributed by atoms with Gasteiger partial charge < -0.3 is 5.32 Å². The normalized spacial score (nSPS) is 13.2. The molecule has 2 aromatic rings. The lowest BCUT2D eigenvalue weighted by Crippen LogP contribution is -2.18. The van der Waals surface area contributed by atoms with Gasteiger partial charge in [0.15, 0.2) is 0 Å². The zero-order valence-electron chi connectivity index (χ0n) is 13.3. The molecule has 0 spiro atoms. The van der Waals surface area contributed by atoms with E-state index in [9.17, 15) is 0 Å². The number of hydrogen-bond acceptors (Lipinski definition) is 1. The fraction of sp³-hybridized carbons (Fsp3) is 0.368. The van der Waals surface area contributed by atoms with E-state index in [1.165, 1.54) is 16.7 Å². The molecule has 0 amide bonds. The number of nitrogens with one attached hydrogen (secondary N) is 1. The summed E-state index contributed by atoms with van der Waals surface area (Å²) in [4.78, 5) is 0. The predicted molar refractivity (Wildman–Crippen MR) is 94.5 cm³/mol. The molecule has 2 aromatic carbocycles. The van der Waals surface area contributed by atoms with E-state index in [1.54, 1.807) is 0 Å². The van der Waals surface area contributed by atoms with Crippen LogP contribution in [0.4, 0.5) is 0 Å². The van der Waals surface area contributed by atoms with E-state index >= 15 is 0 Å². The summed E-state index contributed by atoms with van der Waals surface area (Å²) >= 11 is 3.61. The van der Waals surface area contributed by atoms with E-state index in [0.717, 1.165) is 11.0 Å². The highest BCUT2D eigenvalue weighted by Gasteiger charge is 2.13. The highest BCUT2D eigenvalue weighted by Crippen LogP contribution is 2.24. The van der Waals surface area contributed by atoms with Crippen LogP contribution in [0.25, 0.3) is 0 Å². The summed E-state index contributed by atoms with van der Waals surface area (Å²) < 4.78 is 1.16. The molecule has 1 N–H and O–H groups in total. The van der Waals surface area contributed by atoms with Crippen LogP contribution in [-0.4, -0.2) is 0 Å². The van der Waals surface area contributed by atoms with Crippen LogP contribution in [0.3, 0.4) is 0 Å². The minimum absolute atomic E-state index is 0.216. The summed E-state index contributed by atoms with van der Waals surface area (Å²) in [5.74, 6) is 0. The summed E-state index contributed by atoms with van der Waals surface area (Å²) in [6, 6.07) is 17.6. The first-order valence-corrected chi connectivity index (χ1v) is 8.24. The van der Waals surface area contributed by atoms with Gasteiger partial charge in [0.05, 0.1) is 0 Å². The van der Waals surface area contributed by atoms with Crippen LogP contribution in [0.2, 0.25) is 0 Å². The van der Waals surface area contributed by atoms with E-state index in [0.29, 0.717) is 6.04 Å². The first-order chi connectivity index (χ1) is 9.88. The fourth-order valence-corrected chi connectivity index (χ4v) is 2.96. The monoisotopic (exact) mass is 345 g/mol. The predicted octanol–water partition coefficient (Wildman–Crippen LogP) is 5.60. The molecular weight excluding hydrogens is 322 g/mol. The van der Waals surface area contributed by atoms with E-state index < -0.39 is 0 Å². The van der Waals surface area contributed by atoms with Crippen LogP contribution < -0.4 is 5.32 Å². The van der Waals surface area contributed by atoms with Gasteiger partial charge in [0.1, 0.15) is 0 Å². The molecule has 1 atom stereocenters. The van der Waals surface area contributed by atoms with Crippen molar-refractivity contribution in [3.05, 3.63) is 69.7 Å². The molecular formula is C19H24BrN. The molecule has 2 heteroatoms. The highest BCUT2D eigenvalue weighted by molar-refractivity contribution is 9.10. The van der Waals surface area contributed by atoms with E-state index in [-0.39, 0.29) is 5.41 Å². The van der Waals surface area contributed by atoms with Crippen molar-refractivity contribution in [2.45, 2.75) is 45.7 Å². The van der Waals surface area contributed by atoms with Crippen molar-refractivity contribution >= 4 is 15.9 Å². The SMILES string of the molecule is CC(NCc1ccc(C(C)(C)C)cc1)c1ccccc1Br. The van der Waals surface area contributed by atoms with Gasteiger partial charge in [-0.25, -0.2) is 0 Å². The largest absolute Gasteiger partial charge is 0.306 e. The maximum atomic E-state index is 3.61. The minimum atomic E-state index is 0.216. The Bertz CT molecular complexity index is 581. The summed E-state index contributed by atoms with van der Waals surface area (Å²) in [5, 5.41) is 3.58. The molecule has 0 aliphatic heterocycles. The maximum absolute atomic E-state index is 3.61. The van der Waals surface area contributed by atoms with Gasteiger partial charge in [-0.1, -0.05) is 79.2 Å². The lowest BCUT2D eigenvalue weighted by atomic mass is 9.87. The van der Waals surface area contributed by atoms with Gasteiger partial charge in [0.25, 0.3) is 0 Å². The topological polar surface area (TPSA) is 12.0 Å². The standard InChI is InChI=1S/C19H24BrN/c1-14(17-7-5-6-8-18(17)20)21-13-15-9-11-16(12-10-15)19(2,3)4/h5-12,14,21H,13H2,1-4H3. The molecule has 0 fully saturated rings. The van der Waals surface area contributed by atoms with Crippen LogP contribution in [-0.2, 0) is 12.0 Å². The Kier molecular flexibility index (Phi) is 5.23. The molecule has 21 heavy (non-hydrogen) atoms. The van der Waals surface area contributed by atoms with Crippen LogP contribution in [0, 0.1) is 0 Å². The van der Waals surface area contributed by atoms with Gasteiger partial charge in [0.2, 0.25) is 0 Å². The minimum Gasteiger partial charge on any atom is -0.306 e. The van der Waals surface area contributed by atoms with Crippen molar-refractivity contribution < 1.29 is 0 Å². The molecule has 1 nitrogen and oxygen atoms in total. The molecule has 0 aliphatic carbocycles. The molecule has 112 valence electrons. The quantitative estimate of drug-likeness (QED) is 0.760. The Hall–Kier alpha value is -1.12. The second kappa shape index (κ2) is 6.76. The lowest BCUT2D eigenvalue weighted by Gasteiger charge is -2.20. The fourth-order valence-electron chi connectivity index (χ4n) is 2.33. The molecule has 2 rings (SSSR count). The van der Waals surface area contributed by atoms with Gasteiger partial charge in [-0.3, -0.25) is 0 Å². The molecule has 0 heterocycles. The van der Waals surface area contributed by atoms with Crippen molar-refractivity contribution in [1.82, 2.24) is 5.32 Å². The van der Waals surface area contributed by atoms with Gasteiger partial charge >= 0.3 is 0 Å². The van der Waals surface area contributed by atoms with E-state index in [4.69, 9.17) is 0 Å². The first-order valence-electron chi connectivity index (χ1n) is 7.45. The Morgan fingerprint density at radius 1 is 1.00 bits per heavy atom. The molecule has 0 radical (unpaired) electrons. The number of halogens is 1. The van der Waals surface area contributed by atoms with Gasteiger partial charge in [-0.2, -0.15) is 0 Å². The third-order valence-corrected chi connectivity index (χ3v) is 4.53. The number of rotatable bonds is 4. The van der Waals surface area contributed by atoms with Crippen LogP contribution in [0.1, 0.15) is 50.4 Å². The number of benzene rings is 2. The van der Waals surface area contributed by atoms with Crippen LogP contribution in [0.5, 0.6) is 0 Å². The molecule has 0 bridgehead atoms. The van der Waals surface area contributed by atoms with Crippen molar-refractivity contribution in [3.63, 3.8) is 0 Å². The Labute approximate surface area is 136 Å². The molecule has 0 aromatic heterocycles. The first kappa shape index (κ1) is 16.3. The average molecular weight is 346 g/mol. The van der Waals surface area contributed by atoms with Crippen LogP contribution in [0.15, 0.2) is 53.0 Å². The Balaban J connectivity index is 1.99. The van der Waals surface area contributed by atoms with E-state index in [2.05, 4.69) is 91.4 Å². The Morgan fingerprint density at radius 3 is 2.19 bits per heavy atom. The average Bonchev–Trinajstić information content (AvgIpc) is 2.45. The second-order valence-corrected chi connectivity index (χ2v) is 7.43. The summed E-state index contributed by atoms with van der Waals surface area (Å²) in [6.45, 7) is 9.82. The van der Waals surface area contributed by atoms with Crippen molar-refractivity contribution in [1.29, 1.82) is 0 Å². The highest BCUT2D eigenvalue weighted by atomic mass is 79.9. The Morgan fingerprint density at radius 2 is 1.62 bits per heavy atom. The van der Waals surface area contributed by atoms with Crippen molar-refractivity contribution in [2.24, 2.45) is 0 Å². The number of hydrogen-bond donors (Lipinski definition) is 1. The zero-order valence-corrected chi connectivity index (χ0v) is 14.9. The third kappa shape index (κ3) is 4.42. The molecule has 0 aliphatic rings. The van der Waals surface area contributed by atoms with Gasteiger partial charge in [0, 0.05) is 17.1 Å². The van der Waals surface area contributed by atoms with E-state index in [1.807, 2.05) is 6.07 Å². The molecule has 1 unspecified atom stereocenters. The molecule has 0 saturated heterocycles. The second-order valence-electron chi connectivity index (χ2n) is 6.57. The van der Waals surface area contributed by atoms with Gasteiger partial charge in [-0.05, 0) is 35.1 Å². The van der Waals surface area contributed by atoms with Crippen LogP contribution >= 0.6 is 15.9 Å². The summed E-state index contributed by atoms with van der Waals surface area (Å²) in [5.41, 5.74) is 4.21. The summed E-state index contributed by atoms with van der Waals surface area (Å²) in [7, 11) is 0. The van der Waals surface area contributed by atoms with Crippen molar-refractivity contribution in [3.8, 4) is 0 Å². The maximum Gasteiger partial charge on any atom is 0.0306 e. The third-order valence-electron chi connectivity index (χ3n) is 3.80. The lowest BCUT2D eigenvalue weighted by molar-refractivity contribution is 0.570. The zero-order chi connectivity index (χ0) is 15.5. The summed E-state index contributed by atoms with van der Waals surface area (Å²) in [6.07, 6.45) is 0. The smallest absolute Gasteiger partial charge is 0.0306 e. The van der Waals surface area contributed by atoms with Gasteiger partial charge in [-0.15, -0.1) is 0 Å².